The van der Waals surface area contributed by atoms with E-state index in [2.05, 4.69) is 0 Å². The molecule has 1 aliphatic heterocycles. The van der Waals surface area contributed by atoms with E-state index in [1.54, 1.807) is 0 Å². The van der Waals surface area contributed by atoms with Gasteiger partial charge in [0, 0.05) is 25.2 Å². The highest BCUT2D eigenvalue weighted by Crippen LogP contribution is 2.24. The van der Waals surface area contributed by atoms with Crippen LogP contribution in [-0.2, 0) is 9.84 Å². The van der Waals surface area contributed by atoms with Gasteiger partial charge in [0.1, 0.15) is 0 Å². The lowest BCUT2D eigenvalue weighted by Gasteiger charge is -2.27. The van der Waals surface area contributed by atoms with Gasteiger partial charge in [-0.15, -0.1) is 0 Å². The lowest BCUT2D eigenvalue weighted by atomic mass is 10.1. The number of sulfone groups is 1. The Bertz CT molecular complexity index is 659. The van der Waals surface area contributed by atoms with Gasteiger partial charge < -0.3 is 4.90 Å². The fourth-order valence-corrected chi connectivity index (χ4v) is 3.33. The average Bonchev–Trinajstić information content (AvgIpc) is 2.37. The Balaban J connectivity index is 2.20. The van der Waals surface area contributed by atoms with Crippen LogP contribution in [-0.4, -0.2) is 48.7 Å². The number of nitrogens with zero attached hydrogens (tertiary/aromatic N) is 2. The molecule has 1 fully saturated rings. The molecule has 20 heavy (non-hydrogen) atoms. The Labute approximate surface area is 120 Å². The van der Waals surface area contributed by atoms with Gasteiger partial charge >= 0.3 is 0 Å². The molecule has 1 aromatic carbocycles. The largest absolute Gasteiger partial charge is 0.337 e. The van der Waals surface area contributed by atoms with Gasteiger partial charge in [-0.25, -0.2) is 8.42 Å². The zero-order valence-electron chi connectivity index (χ0n) is 10.3. The fraction of sp³-hybridized carbons (Fsp3) is 0.364. The van der Waals surface area contributed by atoms with Crippen LogP contribution < -0.4 is 0 Å². The first-order chi connectivity index (χ1) is 9.30. The number of carbonyl (C=O) groups excluding carboxylic acids is 1. The molecule has 108 valence electrons. The van der Waals surface area contributed by atoms with Gasteiger partial charge in [-0.2, -0.15) is 0 Å². The number of non-ortho nitro benzene ring substituents is 1. The summed E-state index contributed by atoms with van der Waals surface area (Å²) in [4.78, 5) is 23.6. The first-order valence-electron chi connectivity index (χ1n) is 5.74. The highest BCUT2D eigenvalue weighted by Gasteiger charge is 2.27. The molecule has 7 nitrogen and oxygen atoms in total. The number of rotatable bonds is 2. The Hall–Kier alpha value is -1.67. The van der Waals surface area contributed by atoms with Gasteiger partial charge in [0.2, 0.25) is 0 Å². The van der Waals surface area contributed by atoms with Crippen LogP contribution in [0.2, 0.25) is 5.02 Å². The predicted molar refractivity (Wildman–Crippen MR) is 72.7 cm³/mol. The monoisotopic (exact) mass is 318 g/mol. The molecule has 0 saturated carbocycles. The normalized spacial score (nSPS) is 17.8. The van der Waals surface area contributed by atoms with Crippen LogP contribution in [0.4, 0.5) is 5.69 Å². The molecule has 1 heterocycles. The average molecular weight is 319 g/mol. The van der Waals surface area contributed by atoms with E-state index in [-0.39, 0.29) is 40.9 Å². The number of amides is 1. The van der Waals surface area contributed by atoms with E-state index >= 15 is 0 Å². The molecule has 1 aromatic rings. The minimum Gasteiger partial charge on any atom is -0.337 e. The first-order valence-corrected chi connectivity index (χ1v) is 7.94. The van der Waals surface area contributed by atoms with Crippen LogP contribution in [0, 0.1) is 10.1 Å². The number of benzene rings is 1. The van der Waals surface area contributed by atoms with Gasteiger partial charge in [0.25, 0.3) is 11.6 Å². The van der Waals surface area contributed by atoms with E-state index in [0.717, 1.165) is 6.07 Å². The summed E-state index contributed by atoms with van der Waals surface area (Å²) in [5, 5.41) is 10.6. The molecule has 1 saturated heterocycles. The Morgan fingerprint density at radius 1 is 1.30 bits per heavy atom. The molecule has 0 radical (unpaired) electrons. The molecule has 0 N–H and O–H groups in total. The van der Waals surface area contributed by atoms with Crippen molar-refractivity contribution < 1.29 is 18.1 Å². The minimum absolute atomic E-state index is 0.0161. The first kappa shape index (κ1) is 14.7. The molecule has 2 rings (SSSR count). The molecule has 0 aliphatic carbocycles. The summed E-state index contributed by atoms with van der Waals surface area (Å²) < 4.78 is 22.6. The van der Waals surface area contributed by atoms with Crippen LogP contribution in [0.3, 0.4) is 0 Å². The van der Waals surface area contributed by atoms with Gasteiger partial charge in [-0.3, -0.25) is 14.9 Å². The number of nitro groups is 1. The number of halogens is 1. The van der Waals surface area contributed by atoms with Crippen LogP contribution >= 0.6 is 11.6 Å². The number of nitro benzene ring substituents is 1. The minimum atomic E-state index is -3.08. The molecule has 1 amide bonds. The van der Waals surface area contributed by atoms with Crippen LogP contribution in [0.1, 0.15) is 10.4 Å². The third-order valence-corrected chi connectivity index (χ3v) is 4.95. The molecule has 0 bridgehead atoms. The summed E-state index contributed by atoms with van der Waals surface area (Å²) >= 11 is 5.87. The molecule has 0 atom stereocenters. The summed E-state index contributed by atoms with van der Waals surface area (Å²) in [6, 6.07) is 3.58. The standard InChI is InChI=1S/C11H11ClN2O5S/c12-10-7-8(14(16)17)1-2-9(10)11(15)13-3-5-20(18,19)6-4-13/h1-2,7H,3-6H2. The van der Waals surface area contributed by atoms with E-state index in [4.69, 9.17) is 11.6 Å². The molecule has 1 aliphatic rings. The maximum atomic E-state index is 12.2. The number of hydrogen-bond acceptors (Lipinski definition) is 5. The Morgan fingerprint density at radius 2 is 1.90 bits per heavy atom. The van der Waals surface area contributed by atoms with Crippen molar-refractivity contribution in [1.82, 2.24) is 4.90 Å². The molecular weight excluding hydrogens is 308 g/mol. The zero-order valence-corrected chi connectivity index (χ0v) is 11.9. The second-order valence-corrected chi connectivity index (χ2v) is 7.08. The van der Waals surface area contributed by atoms with E-state index in [9.17, 15) is 23.3 Å². The summed E-state index contributed by atoms with van der Waals surface area (Å²) in [7, 11) is -3.08. The third kappa shape index (κ3) is 3.07. The summed E-state index contributed by atoms with van der Waals surface area (Å²) in [6.07, 6.45) is 0. The molecule has 0 aromatic heterocycles. The lowest BCUT2D eigenvalue weighted by molar-refractivity contribution is -0.384. The zero-order chi connectivity index (χ0) is 14.9. The van der Waals surface area contributed by atoms with Crippen molar-refractivity contribution in [3.63, 3.8) is 0 Å². The van der Waals surface area contributed by atoms with Crippen molar-refractivity contribution in [1.29, 1.82) is 0 Å². The summed E-state index contributed by atoms with van der Waals surface area (Å²) in [5.41, 5.74) is -0.0654. The van der Waals surface area contributed by atoms with Gasteiger partial charge in [-0.05, 0) is 6.07 Å². The maximum Gasteiger partial charge on any atom is 0.270 e. The quantitative estimate of drug-likeness (QED) is 0.601. The Morgan fingerprint density at radius 3 is 2.40 bits per heavy atom. The molecule has 9 heteroatoms. The van der Waals surface area contributed by atoms with Gasteiger partial charge in [-0.1, -0.05) is 11.6 Å². The second-order valence-electron chi connectivity index (χ2n) is 4.37. The van der Waals surface area contributed by atoms with Crippen LogP contribution in [0.15, 0.2) is 18.2 Å². The van der Waals surface area contributed by atoms with Crippen molar-refractivity contribution >= 4 is 33.0 Å². The molecule has 0 unspecified atom stereocenters. The summed E-state index contributed by atoms with van der Waals surface area (Å²) in [6.45, 7) is 0.211. The van der Waals surface area contributed by atoms with Crippen LogP contribution in [0.25, 0.3) is 0 Å². The van der Waals surface area contributed by atoms with Crippen molar-refractivity contribution in [2.24, 2.45) is 0 Å². The molecular formula is C11H11ClN2O5S. The highest BCUT2D eigenvalue weighted by molar-refractivity contribution is 7.91. The predicted octanol–water partition coefficient (Wildman–Crippen LogP) is 1.12. The van der Waals surface area contributed by atoms with Crippen LogP contribution in [0.5, 0.6) is 0 Å². The van der Waals surface area contributed by atoms with E-state index < -0.39 is 20.7 Å². The third-order valence-electron chi connectivity index (χ3n) is 3.03. The second kappa shape index (κ2) is 5.37. The van der Waals surface area contributed by atoms with E-state index in [0.29, 0.717) is 0 Å². The highest BCUT2D eigenvalue weighted by atomic mass is 35.5. The number of carbonyl (C=O) groups is 1. The Kier molecular flexibility index (Phi) is 3.96. The lowest BCUT2D eigenvalue weighted by Crippen LogP contribution is -2.43. The van der Waals surface area contributed by atoms with Crippen molar-refractivity contribution in [3.05, 3.63) is 38.9 Å². The molecule has 0 spiro atoms. The SMILES string of the molecule is O=C(c1ccc([N+](=O)[O-])cc1Cl)N1CCS(=O)(=O)CC1. The smallest absolute Gasteiger partial charge is 0.270 e. The van der Waals surface area contributed by atoms with Crippen molar-refractivity contribution in [2.45, 2.75) is 0 Å². The van der Waals surface area contributed by atoms with E-state index in [1.807, 2.05) is 0 Å². The summed E-state index contributed by atoms with van der Waals surface area (Å²) in [5.74, 6) is -0.577. The van der Waals surface area contributed by atoms with Crippen molar-refractivity contribution in [2.75, 3.05) is 24.6 Å². The van der Waals surface area contributed by atoms with Crippen molar-refractivity contribution in [3.8, 4) is 0 Å². The maximum absolute atomic E-state index is 12.2. The number of hydrogen-bond donors (Lipinski definition) is 0. The fourth-order valence-electron chi connectivity index (χ4n) is 1.88. The van der Waals surface area contributed by atoms with Gasteiger partial charge in [0.05, 0.1) is 27.0 Å². The topological polar surface area (TPSA) is 97.6 Å². The van der Waals surface area contributed by atoms with Gasteiger partial charge in [0.15, 0.2) is 9.84 Å². The van der Waals surface area contributed by atoms with E-state index in [1.165, 1.54) is 17.0 Å².